The van der Waals surface area contributed by atoms with E-state index in [2.05, 4.69) is 83.6 Å². The second-order valence-electron chi connectivity index (χ2n) is 6.38. The fourth-order valence-electron chi connectivity index (χ4n) is 4.36. The zero-order valence-corrected chi connectivity index (χ0v) is 14.1. The number of benzene rings is 3. The van der Waals surface area contributed by atoms with Gasteiger partial charge < -0.3 is 9.13 Å². The van der Waals surface area contributed by atoms with Crippen LogP contribution in [-0.2, 0) is 13.1 Å². The minimum absolute atomic E-state index is 0.988. The Labute approximate surface area is 140 Å². The third kappa shape index (κ3) is 1.56. The minimum atomic E-state index is 0.988. The molecule has 0 amide bonds. The smallest absolute Gasteiger partial charge is 0.0499 e. The number of rotatable bonds is 2. The molecule has 2 heteroatoms. The molecule has 2 aromatic heterocycles. The molecule has 0 bridgehead atoms. The lowest BCUT2D eigenvalue weighted by Crippen LogP contribution is -1.94. The van der Waals surface area contributed by atoms with Gasteiger partial charge in [0.05, 0.1) is 0 Å². The number of para-hydroxylation sites is 2. The fraction of sp³-hybridized carbons (Fsp3) is 0.182. The van der Waals surface area contributed by atoms with Gasteiger partial charge in [-0.1, -0.05) is 36.4 Å². The summed E-state index contributed by atoms with van der Waals surface area (Å²) in [5, 5.41) is 5.51. The maximum absolute atomic E-state index is 2.43. The van der Waals surface area contributed by atoms with E-state index in [1.54, 1.807) is 0 Å². The van der Waals surface area contributed by atoms with Crippen LogP contribution in [0, 0.1) is 0 Å². The van der Waals surface area contributed by atoms with Crippen LogP contribution in [0.5, 0.6) is 0 Å². The normalized spacial score (nSPS) is 12.1. The summed E-state index contributed by atoms with van der Waals surface area (Å²) in [5.41, 5.74) is 5.34. The van der Waals surface area contributed by atoms with Crippen molar-refractivity contribution in [1.82, 2.24) is 9.13 Å². The maximum atomic E-state index is 2.43. The van der Waals surface area contributed by atoms with Crippen molar-refractivity contribution < 1.29 is 0 Å². The first kappa shape index (κ1) is 13.7. The van der Waals surface area contributed by atoms with Gasteiger partial charge in [-0.05, 0) is 38.1 Å². The molecule has 0 aliphatic heterocycles. The van der Waals surface area contributed by atoms with Crippen molar-refractivity contribution in [2.75, 3.05) is 0 Å². The number of nitrogens with zero attached hydrogens (tertiary/aromatic N) is 2. The Hall–Kier alpha value is -2.74. The summed E-state index contributed by atoms with van der Waals surface area (Å²) in [4.78, 5) is 0. The van der Waals surface area contributed by atoms with Crippen molar-refractivity contribution >= 4 is 43.6 Å². The Bertz CT molecular complexity index is 1120. The Morgan fingerprint density at radius 1 is 0.542 bits per heavy atom. The van der Waals surface area contributed by atoms with Crippen LogP contribution < -0.4 is 0 Å². The summed E-state index contributed by atoms with van der Waals surface area (Å²) < 4.78 is 4.87. The van der Waals surface area contributed by atoms with E-state index in [-0.39, 0.29) is 0 Å². The Morgan fingerprint density at radius 2 is 0.958 bits per heavy atom. The van der Waals surface area contributed by atoms with Crippen molar-refractivity contribution in [3.05, 3.63) is 60.7 Å². The average molecular weight is 312 g/mol. The molecule has 5 rings (SSSR count). The van der Waals surface area contributed by atoms with Crippen LogP contribution in [0.3, 0.4) is 0 Å². The van der Waals surface area contributed by atoms with E-state index >= 15 is 0 Å². The molecular formula is C22H20N2. The van der Waals surface area contributed by atoms with E-state index in [0.717, 1.165) is 13.1 Å². The van der Waals surface area contributed by atoms with Crippen LogP contribution in [0.1, 0.15) is 13.8 Å². The maximum Gasteiger partial charge on any atom is 0.0499 e. The Kier molecular flexibility index (Phi) is 2.78. The predicted octanol–water partition coefficient (Wildman–Crippen LogP) is 5.94. The SMILES string of the molecule is CCn1c2ccccc2c2c3c4ccccc4n(CC)c3ccc21. The van der Waals surface area contributed by atoms with Crippen molar-refractivity contribution in [1.29, 1.82) is 0 Å². The summed E-state index contributed by atoms with van der Waals surface area (Å²) in [6.45, 7) is 6.43. The largest absolute Gasteiger partial charge is 0.341 e. The summed E-state index contributed by atoms with van der Waals surface area (Å²) in [6, 6.07) is 22.2. The standard InChI is InChI=1S/C22H20N2/c1-3-23-17-11-7-5-9-15(17)21-19(23)13-14-20-22(21)16-10-6-8-12-18(16)24(20)4-2/h5-14H,3-4H2,1-2H3. The summed E-state index contributed by atoms with van der Waals surface area (Å²) in [7, 11) is 0. The fourth-order valence-corrected chi connectivity index (χ4v) is 4.36. The molecular weight excluding hydrogens is 292 g/mol. The molecule has 0 aliphatic rings. The highest BCUT2D eigenvalue weighted by Crippen LogP contribution is 2.39. The van der Waals surface area contributed by atoms with Crippen LogP contribution in [0.4, 0.5) is 0 Å². The number of hydrogen-bond acceptors (Lipinski definition) is 0. The number of fused-ring (bicyclic) bond motifs is 7. The second-order valence-corrected chi connectivity index (χ2v) is 6.38. The highest BCUT2D eigenvalue weighted by molar-refractivity contribution is 6.28. The zero-order valence-electron chi connectivity index (χ0n) is 14.1. The van der Waals surface area contributed by atoms with Gasteiger partial charge in [-0.2, -0.15) is 0 Å². The van der Waals surface area contributed by atoms with Gasteiger partial charge in [-0.25, -0.2) is 0 Å². The summed E-state index contributed by atoms with van der Waals surface area (Å²) >= 11 is 0. The first-order valence-electron chi connectivity index (χ1n) is 8.76. The molecule has 0 radical (unpaired) electrons. The lowest BCUT2D eigenvalue weighted by Gasteiger charge is -2.04. The molecule has 0 aliphatic carbocycles. The van der Waals surface area contributed by atoms with Crippen LogP contribution in [0.25, 0.3) is 43.6 Å². The summed E-state index contributed by atoms with van der Waals surface area (Å²) in [6.07, 6.45) is 0. The van der Waals surface area contributed by atoms with Crippen LogP contribution in [0.15, 0.2) is 60.7 Å². The molecule has 0 saturated carbocycles. The minimum Gasteiger partial charge on any atom is -0.341 e. The van der Waals surface area contributed by atoms with E-state index in [4.69, 9.17) is 0 Å². The number of aryl methyl sites for hydroxylation is 2. The quantitative estimate of drug-likeness (QED) is 0.381. The molecule has 2 heterocycles. The first-order chi connectivity index (χ1) is 11.8. The molecule has 0 fully saturated rings. The first-order valence-corrected chi connectivity index (χ1v) is 8.76. The van der Waals surface area contributed by atoms with Gasteiger partial charge in [0.1, 0.15) is 0 Å². The predicted molar refractivity (Wildman–Crippen MR) is 104 cm³/mol. The monoisotopic (exact) mass is 312 g/mol. The number of hydrogen-bond donors (Lipinski definition) is 0. The van der Waals surface area contributed by atoms with Crippen molar-refractivity contribution in [3.8, 4) is 0 Å². The third-order valence-corrected chi connectivity index (χ3v) is 5.30. The molecule has 0 saturated heterocycles. The van der Waals surface area contributed by atoms with Crippen molar-refractivity contribution in [2.45, 2.75) is 26.9 Å². The molecule has 0 atom stereocenters. The van der Waals surface area contributed by atoms with Gasteiger partial charge in [0.2, 0.25) is 0 Å². The zero-order chi connectivity index (χ0) is 16.3. The molecule has 0 N–H and O–H groups in total. The highest BCUT2D eigenvalue weighted by Gasteiger charge is 2.17. The molecule has 24 heavy (non-hydrogen) atoms. The van der Waals surface area contributed by atoms with E-state index in [0.29, 0.717) is 0 Å². The third-order valence-electron chi connectivity index (χ3n) is 5.30. The van der Waals surface area contributed by atoms with E-state index in [1.807, 2.05) is 0 Å². The Morgan fingerprint density at radius 3 is 1.38 bits per heavy atom. The molecule has 118 valence electrons. The second kappa shape index (κ2) is 4.88. The average Bonchev–Trinajstić information content (AvgIpc) is 3.13. The van der Waals surface area contributed by atoms with Crippen LogP contribution in [-0.4, -0.2) is 9.13 Å². The van der Waals surface area contributed by atoms with E-state index in [9.17, 15) is 0 Å². The van der Waals surface area contributed by atoms with E-state index in [1.165, 1.54) is 43.6 Å². The van der Waals surface area contributed by atoms with Crippen LogP contribution >= 0.6 is 0 Å². The molecule has 0 unspecified atom stereocenters. The van der Waals surface area contributed by atoms with Gasteiger partial charge in [-0.3, -0.25) is 0 Å². The summed E-state index contributed by atoms with van der Waals surface area (Å²) in [5.74, 6) is 0. The van der Waals surface area contributed by atoms with Gasteiger partial charge in [0.15, 0.2) is 0 Å². The topological polar surface area (TPSA) is 9.86 Å². The van der Waals surface area contributed by atoms with Crippen LogP contribution in [0.2, 0.25) is 0 Å². The van der Waals surface area contributed by atoms with Crippen molar-refractivity contribution in [3.63, 3.8) is 0 Å². The molecule has 2 nitrogen and oxygen atoms in total. The molecule has 5 aromatic rings. The van der Waals surface area contributed by atoms with Gasteiger partial charge >= 0.3 is 0 Å². The lowest BCUT2D eigenvalue weighted by atomic mass is 10.1. The van der Waals surface area contributed by atoms with E-state index < -0.39 is 0 Å². The van der Waals surface area contributed by atoms with Gasteiger partial charge in [0, 0.05) is 56.7 Å². The lowest BCUT2D eigenvalue weighted by molar-refractivity contribution is 0.823. The number of aromatic nitrogens is 2. The van der Waals surface area contributed by atoms with Gasteiger partial charge in [-0.15, -0.1) is 0 Å². The van der Waals surface area contributed by atoms with Gasteiger partial charge in [0.25, 0.3) is 0 Å². The van der Waals surface area contributed by atoms with Crippen molar-refractivity contribution in [2.24, 2.45) is 0 Å². The molecule has 0 spiro atoms. The highest BCUT2D eigenvalue weighted by atomic mass is 15.0. The molecule has 3 aromatic carbocycles. The Balaban J connectivity index is 2.16.